The van der Waals surface area contributed by atoms with E-state index in [9.17, 15) is 9.59 Å². The molecule has 0 unspecified atom stereocenters. The summed E-state index contributed by atoms with van der Waals surface area (Å²) in [5.74, 6) is -1.09. The van der Waals surface area contributed by atoms with Crippen LogP contribution < -0.4 is 0 Å². The SMILES string of the molecule is O=COCOCC(=O)O. The van der Waals surface area contributed by atoms with Crippen LogP contribution >= 0.6 is 0 Å². The zero-order chi connectivity index (χ0) is 7.11. The molecule has 0 spiro atoms. The van der Waals surface area contributed by atoms with E-state index in [2.05, 4.69) is 9.47 Å². The molecule has 5 heteroatoms. The van der Waals surface area contributed by atoms with Crippen LogP contribution in [0.5, 0.6) is 0 Å². The van der Waals surface area contributed by atoms with E-state index in [1.807, 2.05) is 0 Å². The van der Waals surface area contributed by atoms with E-state index < -0.39 is 12.6 Å². The Morgan fingerprint density at radius 1 is 1.67 bits per heavy atom. The first-order chi connectivity index (χ1) is 4.27. The first-order valence-electron chi connectivity index (χ1n) is 2.12. The van der Waals surface area contributed by atoms with Crippen molar-refractivity contribution in [1.29, 1.82) is 0 Å². The molecule has 0 bridgehead atoms. The van der Waals surface area contributed by atoms with Gasteiger partial charge < -0.3 is 14.6 Å². The second-order valence-electron chi connectivity index (χ2n) is 1.12. The summed E-state index contributed by atoms with van der Waals surface area (Å²) in [6, 6.07) is 0. The minimum absolute atomic E-state index is 0.182. The molecule has 0 radical (unpaired) electrons. The van der Waals surface area contributed by atoms with Crippen LogP contribution in [-0.2, 0) is 19.1 Å². The van der Waals surface area contributed by atoms with E-state index in [1.54, 1.807) is 0 Å². The van der Waals surface area contributed by atoms with Crippen LogP contribution in [-0.4, -0.2) is 30.9 Å². The summed E-state index contributed by atoms with van der Waals surface area (Å²) >= 11 is 0. The van der Waals surface area contributed by atoms with Gasteiger partial charge in [-0.15, -0.1) is 0 Å². The summed E-state index contributed by atoms with van der Waals surface area (Å²) in [7, 11) is 0. The molecule has 0 atom stereocenters. The largest absolute Gasteiger partial charge is 0.480 e. The van der Waals surface area contributed by atoms with Crippen molar-refractivity contribution in [2.75, 3.05) is 13.4 Å². The number of ether oxygens (including phenoxy) is 2. The maximum absolute atomic E-state index is 9.69. The third-order valence-corrected chi connectivity index (χ3v) is 0.445. The van der Waals surface area contributed by atoms with Gasteiger partial charge in [-0.2, -0.15) is 0 Å². The first-order valence-corrected chi connectivity index (χ1v) is 2.12. The summed E-state index contributed by atoms with van der Waals surface area (Å²) < 4.78 is 8.30. The molecule has 1 N–H and O–H groups in total. The Labute approximate surface area is 51.2 Å². The second-order valence-corrected chi connectivity index (χ2v) is 1.12. The minimum Gasteiger partial charge on any atom is -0.480 e. The molecule has 0 fully saturated rings. The van der Waals surface area contributed by atoms with Crippen LogP contribution in [0.2, 0.25) is 0 Å². The lowest BCUT2D eigenvalue weighted by Crippen LogP contribution is -2.08. The molecule has 0 aromatic heterocycles. The van der Waals surface area contributed by atoms with Crippen LogP contribution in [0.25, 0.3) is 0 Å². The zero-order valence-electron chi connectivity index (χ0n) is 4.57. The number of carboxylic acids is 1. The highest BCUT2D eigenvalue weighted by atomic mass is 16.7. The van der Waals surface area contributed by atoms with Crippen LogP contribution in [0.1, 0.15) is 0 Å². The maximum Gasteiger partial charge on any atom is 0.329 e. The van der Waals surface area contributed by atoms with E-state index in [0.29, 0.717) is 0 Å². The van der Waals surface area contributed by atoms with Gasteiger partial charge in [-0.25, -0.2) is 4.79 Å². The van der Waals surface area contributed by atoms with E-state index in [0.717, 1.165) is 0 Å². The Kier molecular flexibility index (Phi) is 4.43. The van der Waals surface area contributed by atoms with Crippen molar-refractivity contribution in [2.45, 2.75) is 0 Å². The number of aliphatic carboxylic acids is 1. The van der Waals surface area contributed by atoms with E-state index in [4.69, 9.17) is 5.11 Å². The molecule has 0 aromatic rings. The van der Waals surface area contributed by atoms with Gasteiger partial charge in [-0.3, -0.25) is 4.79 Å². The molecule has 0 aliphatic heterocycles. The van der Waals surface area contributed by atoms with Crippen molar-refractivity contribution in [3.63, 3.8) is 0 Å². The predicted octanol–water partition coefficient (Wildman–Crippen LogP) is -0.782. The fraction of sp³-hybridized carbons (Fsp3) is 0.500. The Morgan fingerprint density at radius 3 is 2.78 bits per heavy atom. The van der Waals surface area contributed by atoms with Gasteiger partial charge in [0.25, 0.3) is 6.47 Å². The highest BCUT2D eigenvalue weighted by molar-refractivity contribution is 5.67. The molecule has 52 valence electrons. The molecule has 0 aromatic carbocycles. The summed E-state index contributed by atoms with van der Waals surface area (Å²) in [4.78, 5) is 19.1. The zero-order valence-corrected chi connectivity index (χ0v) is 4.57. The summed E-state index contributed by atoms with van der Waals surface area (Å²) in [5, 5.41) is 7.94. The molecule has 0 saturated carbocycles. The molecule has 0 rings (SSSR count). The van der Waals surface area contributed by atoms with Crippen molar-refractivity contribution >= 4 is 12.4 Å². The van der Waals surface area contributed by atoms with Crippen LogP contribution in [0.15, 0.2) is 0 Å². The Bertz CT molecular complexity index is 99.1. The van der Waals surface area contributed by atoms with Crippen LogP contribution in [0.3, 0.4) is 0 Å². The van der Waals surface area contributed by atoms with Gasteiger partial charge in [0.05, 0.1) is 0 Å². The standard InChI is InChI=1S/C4H6O5/c5-2-9-3-8-1-4(6)7/h2H,1,3H2,(H,6,7). The van der Waals surface area contributed by atoms with Crippen molar-refractivity contribution < 1.29 is 24.2 Å². The molecule has 0 aliphatic carbocycles. The minimum atomic E-state index is -1.09. The smallest absolute Gasteiger partial charge is 0.329 e. The fourth-order valence-corrected chi connectivity index (χ4v) is 0.205. The maximum atomic E-state index is 9.69. The quantitative estimate of drug-likeness (QED) is 0.303. The Hall–Kier alpha value is -1.10. The summed E-state index contributed by atoms with van der Waals surface area (Å²) in [6.45, 7) is -0.578. The number of carbonyl (C=O) groups excluding carboxylic acids is 1. The molecule has 9 heavy (non-hydrogen) atoms. The third-order valence-electron chi connectivity index (χ3n) is 0.445. The number of hydrogen-bond acceptors (Lipinski definition) is 4. The molecule has 0 saturated heterocycles. The highest BCUT2D eigenvalue weighted by Gasteiger charge is 1.93. The van der Waals surface area contributed by atoms with E-state index in [-0.39, 0.29) is 13.3 Å². The van der Waals surface area contributed by atoms with Gasteiger partial charge >= 0.3 is 5.97 Å². The predicted molar refractivity (Wildman–Crippen MR) is 25.6 cm³/mol. The highest BCUT2D eigenvalue weighted by Crippen LogP contribution is 1.73. The summed E-state index contributed by atoms with van der Waals surface area (Å²) in [5.41, 5.74) is 0. The van der Waals surface area contributed by atoms with Gasteiger partial charge in [0.15, 0.2) is 6.79 Å². The van der Waals surface area contributed by atoms with Crippen molar-refractivity contribution in [2.24, 2.45) is 0 Å². The molecule has 5 nitrogen and oxygen atoms in total. The van der Waals surface area contributed by atoms with Crippen LogP contribution in [0.4, 0.5) is 0 Å². The molecular formula is C4H6O5. The van der Waals surface area contributed by atoms with Gasteiger partial charge in [-0.1, -0.05) is 0 Å². The monoisotopic (exact) mass is 134 g/mol. The fourth-order valence-electron chi connectivity index (χ4n) is 0.205. The van der Waals surface area contributed by atoms with E-state index >= 15 is 0 Å². The number of carboxylic acid groups (broad SMARTS) is 1. The lowest BCUT2D eigenvalue weighted by molar-refractivity contribution is -0.153. The molecule has 0 amide bonds. The van der Waals surface area contributed by atoms with Crippen molar-refractivity contribution in [3.8, 4) is 0 Å². The van der Waals surface area contributed by atoms with Crippen LogP contribution in [0, 0.1) is 0 Å². The Balaban J connectivity index is 2.91. The topological polar surface area (TPSA) is 72.8 Å². The lowest BCUT2D eigenvalue weighted by Gasteiger charge is -1.95. The average molecular weight is 134 g/mol. The number of carbonyl (C=O) groups is 2. The first kappa shape index (κ1) is 7.90. The van der Waals surface area contributed by atoms with Crippen molar-refractivity contribution in [1.82, 2.24) is 0 Å². The van der Waals surface area contributed by atoms with Gasteiger partial charge in [-0.05, 0) is 0 Å². The average Bonchev–Trinajstić information content (AvgIpc) is 1.80. The van der Waals surface area contributed by atoms with Gasteiger partial charge in [0.2, 0.25) is 0 Å². The number of rotatable bonds is 5. The van der Waals surface area contributed by atoms with Crippen molar-refractivity contribution in [3.05, 3.63) is 0 Å². The number of hydrogen-bond donors (Lipinski definition) is 1. The Morgan fingerprint density at radius 2 is 2.33 bits per heavy atom. The third kappa shape index (κ3) is 6.90. The molecule has 0 heterocycles. The second kappa shape index (κ2) is 5.04. The van der Waals surface area contributed by atoms with Gasteiger partial charge in [0.1, 0.15) is 6.61 Å². The molecular weight excluding hydrogens is 128 g/mol. The molecule has 0 aliphatic rings. The van der Waals surface area contributed by atoms with E-state index in [1.165, 1.54) is 0 Å². The lowest BCUT2D eigenvalue weighted by atomic mass is 10.8. The normalized spacial score (nSPS) is 8.44. The summed E-state index contributed by atoms with van der Waals surface area (Å²) in [6.07, 6.45) is 0. The van der Waals surface area contributed by atoms with Gasteiger partial charge in [0, 0.05) is 0 Å².